The molecule has 8 atom stereocenters. The van der Waals surface area contributed by atoms with Crippen LogP contribution in [0.2, 0.25) is 0 Å². The minimum atomic E-state index is -0.813. The van der Waals surface area contributed by atoms with Crippen LogP contribution >= 0.6 is 0 Å². The second-order valence-corrected chi connectivity index (χ2v) is 10.3. The summed E-state index contributed by atoms with van der Waals surface area (Å²) in [5.41, 5.74) is 1.32. The maximum Gasteiger partial charge on any atom is 0.110 e. The van der Waals surface area contributed by atoms with Gasteiger partial charge in [-0.3, -0.25) is 0 Å². The van der Waals surface area contributed by atoms with Crippen molar-refractivity contribution in [1.29, 1.82) is 0 Å². The first-order valence-electron chi connectivity index (χ1n) is 10.4. The molecule has 6 rings (SSSR count). The fourth-order valence-electron chi connectivity index (χ4n) is 8.81. The summed E-state index contributed by atoms with van der Waals surface area (Å²) in [7, 11) is 0. The van der Waals surface area contributed by atoms with Crippen molar-refractivity contribution in [3.05, 3.63) is 23.7 Å². The Bertz CT molecular complexity index is 725. The SMILES string of the molecule is CC12C(CCC34CC(CCC31)C(O)(CO)C4)c1ccoc1[C@H]1CCC12. The lowest BCUT2D eigenvalue weighted by Gasteiger charge is -2.66. The second-order valence-electron chi connectivity index (χ2n) is 10.3. The summed E-state index contributed by atoms with van der Waals surface area (Å²) in [5, 5.41) is 21.0. The van der Waals surface area contributed by atoms with Crippen LogP contribution in [-0.4, -0.2) is 22.4 Å². The number of furan rings is 1. The van der Waals surface area contributed by atoms with Gasteiger partial charge < -0.3 is 14.6 Å². The minimum absolute atomic E-state index is 0.0514. The lowest BCUT2D eigenvalue weighted by atomic mass is 9.38. The van der Waals surface area contributed by atoms with Gasteiger partial charge in [-0.2, -0.15) is 0 Å². The summed E-state index contributed by atoms with van der Waals surface area (Å²) in [4.78, 5) is 0. The van der Waals surface area contributed by atoms with Crippen molar-refractivity contribution >= 4 is 0 Å². The van der Waals surface area contributed by atoms with Crippen LogP contribution in [0.3, 0.4) is 0 Å². The molecule has 25 heavy (non-hydrogen) atoms. The average Bonchev–Trinajstić information content (AvgIpc) is 3.08. The van der Waals surface area contributed by atoms with Gasteiger partial charge in [0, 0.05) is 5.92 Å². The van der Waals surface area contributed by atoms with E-state index >= 15 is 0 Å². The van der Waals surface area contributed by atoms with Crippen LogP contribution in [-0.2, 0) is 0 Å². The molecule has 2 N–H and O–H groups in total. The standard InChI is InChI=1S/C22H30O3/c1-20-16-4-3-14(16)19-15(7-9-25-19)17(20)6-8-21-10-13(2-5-18(20)21)22(24,11-21)12-23/h7,9,13-14,16-18,23-24H,2-6,8,10-12H2,1H3/t13?,14-,16?,17?,18?,20?,21?,22?/m0/s1. The van der Waals surface area contributed by atoms with Crippen LogP contribution in [0.4, 0.5) is 0 Å². The van der Waals surface area contributed by atoms with Gasteiger partial charge in [-0.05, 0) is 97.5 Å². The van der Waals surface area contributed by atoms with E-state index in [4.69, 9.17) is 4.42 Å². The van der Waals surface area contributed by atoms with Crippen molar-refractivity contribution in [1.82, 2.24) is 0 Å². The molecule has 1 heterocycles. The summed E-state index contributed by atoms with van der Waals surface area (Å²) in [6.45, 7) is 2.54. The zero-order valence-electron chi connectivity index (χ0n) is 15.2. The maximum absolute atomic E-state index is 11.1. The minimum Gasteiger partial charge on any atom is -0.469 e. The van der Waals surface area contributed by atoms with Crippen LogP contribution in [0.5, 0.6) is 0 Å². The van der Waals surface area contributed by atoms with Gasteiger partial charge in [0.1, 0.15) is 5.76 Å². The van der Waals surface area contributed by atoms with Crippen molar-refractivity contribution in [2.75, 3.05) is 6.61 Å². The van der Waals surface area contributed by atoms with E-state index in [1.165, 1.54) is 43.4 Å². The Balaban J connectivity index is 1.47. The highest BCUT2D eigenvalue weighted by Crippen LogP contribution is 2.76. The Kier molecular flexibility index (Phi) is 2.77. The molecule has 1 spiro atoms. The van der Waals surface area contributed by atoms with Crippen LogP contribution in [0.1, 0.15) is 81.4 Å². The molecule has 4 fully saturated rings. The molecule has 4 saturated carbocycles. The van der Waals surface area contributed by atoms with Crippen LogP contribution in [0, 0.1) is 28.6 Å². The molecule has 0 aliphatic heterocycles. The zero-order chi connectivity index (χ0) is 17.0. The largest absolute Gasteiger partial charge is 0.469 e. The van der Waals surface area contributed by atoms with Gasteiger partial charge in [-0.1, -0.05) is 6.92 Å². The highest BCUT2D eigenvalue weighted by atomic mass is 16.3. The van der Waals surface area contributed by atoms with Gasteiger partial charge in [0.05, 0.1) is 18.5 Å². The van der Waals surface area contributed by atoms with E-state index in [2.05, 4.69) is 13.0 Å². The number of hydrogen-bond donors (Lipinski definition) is 2. The molecule has 0 aromatic carbocycles. The van der Waals surface area contributed by atoms with Crippen molar-refractivity contribution in [2.45, 2.75) is 75.7 Å². The van der Waals surface area contributed by atoms with Crippen LogP contribution < -0.4 is 0 Å². The number of fused-ring (bicyclic) bond motifs is 8. The Morgan fingerprint density at radius 1 is 1.20 bits per heavy atom. The molecule has 7 unspecified atom stereocenters. The van der Waals surface area contributed by atoms with E-state index in [1.807, 2.05) is 6.26 Å². The molecule has 136 valence electrons. The normalized spacial score (nSPS) is 55.6. The number of aliphatic hydroxyl groups is 2. The van der Waals surface area contributed by atoms with Gasteiger partial charge in [-0.15, -0.1) is 0 Å². The molecular formula is C22H30O3. The average molecular weight is 342 g/mol. The zero-order valence-corrected chi connectivity index (χ0v) is 15.2. The first-order valence-corrected chi connectivity index (χ1v) is 10.4. The molecule has 3 nitrogen and oxygen atoms in total. The second kappa shape index (κ2) is 4.54. The van der Waals surface area contributed by atoms with E-state index in [1.54, 1.807) is 0 Å². The van der Waals surface area contributed by atoms with Gasteiger partial charge in [0.2, 0.25) is 0 Å². The molecular weight excluding hydrogens is 312 g/mol. The first kappa shape index (κ1) is 15.3. The number of rotatable bonds is 1. The fourth-order valence-corrected chi connectivity index (χ4v) is 8.81. The molecule has 0 amide bonds. The van der Waals surface area contributed by atoms with Gasteiger partial charge >= 0.3 is 0 Å². The van der Waals surface area contributed by atoms with Crippen molar-refractivity contribution < 1.29 is 14.6 Å². The molecule has 5 aliphatic carbocycles. The van der Waals surface area contributed by atoms with Crippen LogP contribution in [0.25, 0.3) is 0 Å². The fraction of sp³-hybridized carbons (Fsp3) is 0.818. The van der Waals surface area contributed by atoms with E-state index < -0.39 is 5.60 Å². The summed E-state index contributed by atoms with van der Waals surface area (Å²) >= 11 is 0. The Labute approximate surface area is 149 Å². The quantitative estimate of drug-likeness (QED) is 0.804. The summed E-state index contributed by atoms with van der Waals surface area (Å²) < 4.78 is 5.96. The Hall–Kier alpha value is -0.800. The molecule has 3 heteroatoms. The highest BCUT2D eigenvalue weighted by molar-refractivity contribution is 5.37. The first-order chi connectivity index (χ1) is 12.0. The topological polar surface area (TPSA) is 53.6 Å². The van der Waals surface area contributed by atoms with E-state index in [0.717, 1.165) is 25.2 Å². The lowest BCUT2D eigenvalue weighted by molar-refractivity contribution is -0.130. The summed E-state index contributed by atoms with van der Waals surface area (Å²) in [6, 6.07) is 2.26. The molecule has 0 radical (unpaired) electrons. The highest BCUT2D eigenvalue weighted by Gasteiger charge is 2.69. The molecule has 2 bridgehead atoms. The van der Waals surface area contributed by atoms with E-state index in [9.17, 15) is 10.2 Å². The van der Waals surface area contributed by atoms with Crippen molar-refractivity contribution in [3.8, 4) is 0 Å². The third-order valence-electron chi connectivity index (χ3n) is 9.83. The predicted molar refractivity (Wildman–Crippen MR) is 94.2 cm³/mol. The smallest absolute Gasteiger partial charge is 0.110 e. The molecule has 1 aromatic rings. The van der Waals surface area contributed by atoms with E-state index in [0.29, 0.717) is 29.1 Å². The Morgan fingerprint density at radius 2 is 2.08 bits per heavy atom. The number of hydrogen-bond acceptors (Lipinski definition) is 3. The van der Waals surface area contributed by atoms with Crippen LogP contribution in [0.15, 0.2) is 16.7 Å². The maximum atomic E-state index is 11.1. The summed E-state index contributed by atoms with van der Waals surface area (Å²) in [6.07, 6.45) is 11.3. The van der Waals surface area contributed by atoms with E-state index in [-0.39, 0.29) is 12.0 Å². The predicted octanol–water partition coefficient (Wildman–Crippen LogP) is 4.20. The monoisotopic (exact) mass is 342 g/mol. The van der Waals surface area contributed by atoms with Crippen molar-refractivity contribution in [2.24, 2.45) is 28.6 Å². The molecule has 1 aromatic heterocycles. The Morgan fingerprint density at radius 3 is 2.84 bits per heavy atom. The van der Waals surface area contributed by atoms with Crippen molar-refractivity contribution in [3.63, 3.8) is 0 Å². The third-order valence-corrected chi connectivity index (χ3v) is 9.83. The third kappa shape index (κ3) is 1.58. The van der Waals surface area contributed by atoms with Gasteiger partial charge in [0.25, 0.3) is 0 Å². The molecule has 5 aliphatic rings. The number of aliphatic hydroxyl groups excluding tert-OH is 1. The van der Waals surface area contributed by atoms with Gasteiger partial charge in [0.15, 0.2) is 0 Å². The summed E-state index contributed by atoms with van der Waals surface area (Å²) in [5.74, 6) is 4.36. The molecule has 0 saturated heterocycles. The van der Waals surface area contributed by atoms with Gasteiger partial charge in [-0.25, -0.2) is 0 Å². The lowest BCUT2D eigenvalue weighted by Crippen LogP contribution is -2.58.